The van der Waals surface area contributed by atoms with Crippen molar-refractivity contribution in [3.63, 3.8) is 0 Å². The Morgan fingerprint density at radius 2 is 2.20 bits per heavy atom. The molecular formula is C10H15NO4. The first kappa shape index (κ1) is 10.4. The lowest BCUT2D eigenvalue weighted by molar-refractivity contribution is -0.165. The van der Waals surface area contributed by atoms with Gasteiger partial charge in [0.05, 0.1) is 19.1 Å². The first-order valence-corrected chi connectivity index (χ1v) is 5.17. The summed E-state index contributed by atoms with van der Waals surface area (Å²) >= 11 is 0. The van der Waals surface area contributed by atoms with Crippen LogP contribution in [0.5, 0.6) is 0 Å². The van der Waals surface area contributed by atoms with Crippen molar-refractivity contribution in [1.82, 2.24) is 4.90 Å². The number of hydrogen-bond donors (Lipinski definition) is 1. The second kappa shape index (κ2) is 3.48. The molecule has 0 aromatic carbocycles. The minimum atomic E-state index is -0.815. The molecule has 2 fully saturated rings. The predicted octanol–water partition coefficient (Wildman–Crippen LogP) is -0.0440. The predicted molar refractivity (Wildman–Crippen MR) is 51.2 cm³/mol. The highest BCUT2D eigenvalue weighted by molar-refractivity contribution is 5.79. The van der Waals surface area contributed by atoms with Gasteiger partial charge in [-0.25, -0.2) is 0 Å². The molecule has 0 radical (unpaired) electrons. The van der Waals surface area contributed by atoms with Crippen LogP contribution >= 0.6 is 0 Å². The van der Waals surface area contributed by atoms with E-state index in [0.29, 0.717) is 32.7 Å². The molecule has 2 aliphatic heterocycles. The van der Waals surface area contributed by atoms with Gasteiger partial charge in [0, 0.05) is 24.9 Å². The molecular weight excluding hydrogens is 198 g/mol. The summed E-state index contributed by atoms with van der Waals surface area (Å²) in [4.78, 5) is 24.2. The summed E-state index contributed by atoms with van der Waals surface area (Å²) in [6.45, 7) is 3.61. The lowest BCUT2D eigenvalue weighted by Gasteiger charge is -2.40. The fourth-order valence-electron chi connectivity index (χ4n) is 2.38. The van der Waals surface area contributed by atoms with Gasteiger partial charge in [-0.15, -0.1) is 0 Å². The van der Waals surface area contributed by atoms with E-state index in [-0.39, 0.29) is 11.3 Å². The number of aliphatic carboxylic acids is 1. The number of carbonyl (C=O) groups is 2. The van der Waals surface area contributed by atoms with Gasteiger partial charge in [0.25, 0.3) is 0 Å². The number of likely N-dealkylation sites (tertiary alicyclic amines) is 1. The van der Waals surface area contributed by atoms with Crippen LogP contribution in [0.15, 0.2) is 0 Å². The van der Waals surface area contributed by atoms with Crippen molar-refractivity contribution in [3.05, 3.63) is 0 Å². The van der Waals surface area contributed by atoms with Crippen LogP contribution in [0.3, 0.4) is 0 Å². The molecule has 0 aromatic rings. The van der Waals surface area contributed by atoms with Crippen molar-refractivity contribution in [2.24, 2.45) is 11.3 Å². The minimum Gasteiger partial charge on any atom is -0.481 e. The van der Waals surface area contributed by atoms with Gasteiger partial charge < -0.3 is 14.7 Å². The third-order valence-corrected chi connectivity index (χ3v) is 3.38. The highest BCUT2D eigenvalue weighted by Crippen LogP contribution is 2.42. The molecule has 0 aromatic heterocycles. The molecule has 5 nitrogen and oxygen atoms in total. The smallest absolute Gasteiger partial charge is 0.309 e. The lowest BCUT2D eigenvalue weighted by Crippen LogP contribution is -2.51. The van der Waals surface area contributed by atoms with Gasteiger partial charge in [-0.05, 0) is 0 Å². The summed E-state index contributed by atoms with van der Waals surface area (Å²) in [7, 11) is 0. The molecule has 0 saturated carbocycles. The average Bonchev–Trinajstić information content (AvgIpc) is 2.56. The Balaban J connectivity index is 2.12. The second-order valence-electron chi connectivity index (χ2n) is 4.37. The molecule has 1 atom stereocenters. The zero-order valence-electron chi connectivity index (χ0n) is 8.73. The van der Waals surface area contributed by atoms with E-state index >= 15 is 0 Å². The molecule has 15 heavy (non-hydrogen) atoms. The molecule has 0 aliphatic carbocycles. The number of rotatable bonds is 2. The first-order chi connectivity index (χ1) is 7.09. The maximum Gasteiger partial charge on any atom is 0.309 e. The Kier molecular flexibility index (Phi) is 2.42. The molecule has 2 aliphatic rings. The van der Waals surface area contributed by atoms with E-state index in [1.54, 1.807) is 11.8 Å². The largest absolute Gasteiger partial charge is 0.481 e. The fourth-order valence-corrected chi connectivity index (χ4v) is 2.38. The number of hydrogen-bond acceptors (Lipinski definition) is 3. The number of nitrogens with zero attached hydrogens (tertiary/aromatic N) is 1. The van der Waals surface area contributed by atoms with Crippen molar-refractivity contribution in [3.8, 4) is 0 Å². The Morgan fingerprint density at radius 3 is 2.53 bits per heavy atom. The third kappa shape index (κ3) is 1.51. The lowest BCUT2D eigenvalue weighted by atomic mass is 9.76. The van der Waals surface area contributed by atoms with Crippen molar-refractivity contribution < 1.29 is 19.4 Å². The van der Waals surface area contributed by atoms with Crippen LogP contribution in [0.2, 0.25) is 0 Å². The standard InChI is InChI=1S/C10H15NO4/c1-2-8(12)11-3-7(9(13)14)10(4-11)5-15-6-10/h7H,2-6H2,1H3,(H,13,14). The van der Waals surface area contributed by atoms with E-state index < -0.39 is 11.9 Å². The number of carbonyl (C=O) groups excluding carboxylic acids is 1. The summed E-state index contributed by atoms with van der Waals surface area (Å²) in [6, 6.07) is 0. The van der Waals surface area contributed by atoms with Crippen molar-refractivity contribution in [2.45, 2.75) is 13.3 Å². The average molecular weight is 213 g/mol. The topological polar surface area (TPSA) is 66.8 Å². The summed E-state index contributed by atoms with van der Waals surface area (Å²) in [5.41, 5.74) is -0.309. The van der Waals surface area contributed by atoms with Crippen LogP contribution in [0.25, 0.3) is 0 Å². The van der Waals surface area contributed by atoms with Crippen molar-refractivity contribution >= 4 is 11.9 Å². The van der Waals surface area contributed by atoms with Crippen LogP contribution in [0.1, 0.15) is 13.3 Å². The summed E-state index contributed by atoms with van der Waals surface area (Å²) in [5, 5.41) is 9.09. The fraction of sp³-hybridized carbons (Fsp3) is 0.800. The maximum atomic E-state index is 11.5. The molecule has 5 heteroatoms. The summed E-state index contributed by atoms with van der Waals surface area (Å²) in [6.07, 6.45) is 0.434. The first-order valence-electron chi connectivity index (χ1n) is 5.17. The van der Waals surface area contributed by atoms with Crippen LogP contribution in [0.4, 0.5) is 0 Å². The van der Waals surface area contributed by atoms with Crippen molar-refractivity contribution in [2.75, 3.05) is 26.3 Å². The third-order valence-electron chi connectivity index (χ3n) is 3.38. The Hall–Kier alpha value is -1.10. The van der Waals surface area contributed by atoms with Crippen LogP contribution < -0.4 is 0 Å². The highest BCUT2D eigenvalue weighted by atomic mass is 16.5. The van der Waals surface area contributed by atoms with Gasteiger partial charge in [0.2, 0.25) is 5.91 Å². The molecule has 2 heterocycles. The Morgan fingerprint density at radius 1 is 1.53 bits per heavy atom. The van der Waals surface area contributed by atoms with E-state index in [9.17, 15) is 9.59 Å². The molecule has 1 spiro atoms. The van der Waals surface area contributed by atoms with Gasteiger partial charge in [0.1, 0.15) is 0 Å². The minimum absolute atomic E-state index is 0.0324. The molecule has 84 valence electrons. The molecule has 1 amide bonds. The summed E-state index contributed by atoms with van der Waals surface area (Å²) < 4.78 is 5.10. The monoisotopic (exact) mass is 213 g/mol. The molecule has 1 N–H and O–H groups in total. The zero-order valence-corrected chi connectivity index (χ0v) is 8.73. The van der Waals surface area contributed by atoms with E-state index in [4.69, 9.17) is 9.84 Å². The van der Waals surface area contributed by atoms with Gasteiger partial charge in [-0.3, -0.25) is 9.59 Å². The highest BCUT2D eigenvalue weighted by Gasteiger charge is 2.55. The van der Waals surface area contributed by atoms with Gasteiger partial charge in [-0.2, -0.15) is 0 Å². The number of amides is 1. The van der Waals surface area contributed by atoms with Crippen LogP contribution in [-0.2, 0) is 14.3 Å². The van der Waals surface area contributed by atoms with Gasteiger partial charge in [-0.1, -0.05) is 6.92 Å². The number of ether oxygens (including phenoxy) is 1. The van der Waals surface area contributed by atoms with E-state index in [1.807, 2.05) is 0 Å². The SMILES string of the molecule is CCC(=O)N1CC(C(=O)O)C2(COC2)C1. The maximum absolute atomic E-state index is 11.5. The van der Waals surface area contributed by atoms with Crippen LogP contribution in [-0.4, -0.2) is 48.2 Å². The van der Waals surface area contributed by atoms with Gasteiger partial charge in [0.15, 0.2) is 0 Å². The normalized spacial score (nSPS) is 27.8. The quantitative estimate of drug-likeness (QED) is 0.698. The van der Waals surface area contributed by atoms with E-state index in [1.165, 1.54) is 0 Å². The van der Waals surface area contributed by atoms with Crippen LogP contribution in [0, 0.1) is 11.3 Å². The van der Waals surface area contributed by atoms with Gasteiger partial charge >= 0.3 is 5.97 Å². The molecule has 2 saturated heterocycles. The van der Waals surface area contributed by atoms with E-state index in [2.05, 4.69) is 0 Å². The number of carboxylic acids is 1. The second-order valence-corrected chi connectivity index (χ2v) is 4.37. The molecule has 0 bridgehead atoms. The van der Waals surface area contributed by atoms with E-state index in [0.717, 1.165) is 0 Å². The number of carboxylic acid groups (broad SMARTS) is 1. The Labute approximate surface area is 88.0 Å². The summed E-state index contributed by atoms with van der Waals surface area (Å²) in [5.74, 6) is -1.24. The zero-order chi connectivity index (χ0) is 11.1. The molecule has 1 unspecified atom stereocenters. The molecule has 2 rings (SSSR count). The Bertz CT molecular complexity index is 298. The van der Waals surface area contributed by atoms with Crippen molar-refractivity contribution in [1.29, 1.82) is 0 Å².